The number of halogens is 7. The van der Waals surface area contributed by atoms with Crippen molar-refractivity contribution in [3.63, 3.8) is 0 Å². The highest BCUT2D eigenvalue weighted by Crippen LogP contribution is 2.47. The van der Waals surface area contributed by atoms with E-state index in [2.05, 4.69) is 15.2 Å². The second kappa shape index (κ2) is 8.43. The van der Waals surface area contributed by atoms with Gasteiger partial charge in [-0.25, -0.2) is 9.37 Å². The Bertz CT molecular complexity index is 1380. The second-order valence-corrected chi connectivity index (χ2v) is 8.78. The summed E-state index contributed by atoms with van der Waals surface area (Å²) < 4.78 is 104. The first-order valence-corrected chi connectivity index (χ1v) is 11.0. The minimum absolute atomic E-state index is 0.108. The first kappa shape index (κ1) is 25.0. The van der Waals surface area contributed by atoms with Gasteiger partial charge in [-0.2, -0.15) is 26.3 Å². The minimum Gasteiger partial charge on any atom is -0.415 e. The highest BCUT2D eigenvalue weighted by Gasteiger charge is 2.61. The number of nitrogen functional groups attached to an aromatic ring is 1. The maximum atomic E-state index is 14.7. The monoisotopic (exact) mass is 529 g/mol. The molecule has 0 saturated carbocycles. The molecule has 1 saturated heterocycles. The minimum atomic E-state index is -5.53. The van der Waals surface area contributed by atoms with Crippen LogP contribution in [0.2, 0.25) is 0 Å². The van der Waals surface area contributed by atoms with Gasteiger partial charge in [0.1, 0.15) is 17.2 Å². The highest BCUT2D eigenvalue weighted by molar-refractivity contribution is 5.72. The molecule has 196 valence electrons. The molecular weight excluding hydrogens is 511 g/mol. The van der Waals surface area contributed by atoms with Crippen LogP contribution in [0.15, 0.2) is 34.8 Å². The number of pyridine rings is 1. The van der Waals surface area contributed by atoms with E-state index in [1.54, 1.807) is 6.08 Å². The van der Waals surface area contributed by atoms with Crippen LogP contribution in [0.25, 0.3) is 17.7 Å². The normalized spacial score (nSPS) is 21.9. The van der Waals surface area contributed by atoms with E-state index in [1.165, 1.54) is 17.0 Å². The molecule has 1 fully saturated rings. The Morgan fingerprint density at radius 1 is 1.11 bits per heavy atom. The van der Waals surface area contributed by atoms with Crippen LogP contribution in [-0.2, 0) is 11.8 Å². The summed E-state index contributed by atoms with van der Waals surface area (Å²) in [5, 5.41) is 17.5. The number of nitrogens with zero attached hydrogens (tertiary/aromatic N) is 4. The van der Waals surface area contributed by atoms with Gasteiger partial charge in [0.15, 0.2) is 5.69 Å². The predicted octanol–water partition coefficient (Wildman–Crippen LogP) is 5.06. The van der Waals surface area contributed by atoms with Crippen LogP contribution in [0.4, 0.5) is 42.2 Å². The Kier molecular flexibility index (Phi) is 5.69. The second-order valence-electron chi connectivity index (χ2n) is 8.78. The lowest BCUT2D eigenvalue weighted by Crippen LogP contribution is -2.44. The maximum absolute atomic E-state index is 14.7. The van der Waals surface area contributed by atoms with E-state index < -0.39 is 69.9 Å². The lowest BCUT2D eigenvalue weighted by Gasteiger charge is -2.28. The summed E-state index contributed by atoms with van der Waals surface area (Å²) in [4.78, 5) is 5.47. The zero-order valence-electron chi connectivity index (χ0n) is 18.7. The number of rotatable bonds is 0. The van der Waals surface area contributed by atoms with Crippen LogP contribution in [0, 0.1) is 5.82 Å². The van der Waals surface area contributed by atoms with Gasteiger partial charge in [0, 0.05) is 18.2 Å². The van der Waals surface area contributed by atoms with Crippen LogP contribution in [-0.4, -0.2) is 39.1 Å². The quantitative estimate of drug-likeness (QED) is 0.393. The van der Waals surface area contributed by atoms with Crippen molar-refractivity contribution in [1.29, 1.82) is 0 Å². The van der Waals surface area contributed by atoms with Crippen molar-refractivity contribution in [1.82, 2.24) is 15.2 Å². The SMILES string of the molecule is Nc1cc(C(F)(F)F)c2nc1-c1nnc(o1)[C@@](O)(C(F)(F)F)c1cc(ccc1F)C=CC[C@@H]1CCCN21. The van der Waals surface area contributed by atoms with E-state index in [4.69, 9.17) is 10.2 Å². The number of anilines is 2. The Hall–Kier alpha value is -3.68. The largest absolute Gasteiger partial charge is 0.430 e. The van der Waals surface area contributed by atoms with Crippen LogP contribution < -0.4 is 10.6 Å². The molecule has 2 aliphatic heterocycles. The summed E-state index contributed by atoms with van der Waals surface area (Å²) in [6.45, 7) is 0.238. The fourth-order valence-corrected chi connectivity index (χ4v) is 4.62. The standard InChI is InChI=1S/C23H18F7N5O2/c24-15-7-6-11-3-1-4-12-5-2-8-35(12)18-14(22(25,26)27)10-16(31)17(32-18)19-33-34-20(37-19)21(36,13(15)9-11)23(28,29)30/h1,3,6-7,9-10,12,36H,2,4-5,8,31H2/t12-,21-/m1/s1. The zero-order valence-corrected chi connectivity index (χ0v) is 18.7. The van der Waals surface area contributed by atoms with Crippen molar-refractivity contribution < 1.29 is 40.3 Å². The van der Waals surface area contributed by atoms with Crippen molar-refractivity contribution in [2.75, 3.05) is 17.2 Å². The van der Waals surface area contributed by atoms with Crippen LogP contribution >= 0.6 is 0 Å². The van der Waals surface area contributed by atoms with Crippen molar-refractivity contribution in [2.45, 2.75) is 43.3 Å². The molecule has 0 radical (unpaired) electrons. The average Bonchev–Trinajstić information content (AvgIpc) is 3.48. The molecule has 14 heteroatoms. The van der Waals surface area contributed by atoms with Gasteiger partial charge in [0.05, 0.1) is 5.69 Å². The summed E-state index contributed by atoms with van der Waals surface area (Å²) in [6.07, 6.45) is -6.10. The van der Waals surface area contributed by atoms with Gasteiger partial charge in [-0.3, -0.25) is 0 Å². The number of fused-ring (bicyclic) bond motifs is 9. The molecule has 5 rings (SSSR count). The smallest absolute Gasteiger partial charge is 0.415 e. The molecule has 2 aliphatic rings. The van der Waals surface area contributed by atoms with Gasteiger partial charge in [-0.05, 0) is 43.0 Å². The first-order valence-electron chi connectivity index (χ1n) is 11.0. The number of aromatic nitrogens is 3. The topological polar surface area (TPSA) is 101 Å². The highest BCUT2D eigenvalue weighted by atomic mass is 19.4. The molecule has 2 aromatic heterocycles. The summed E-state index contributed by atoms with van der Waals surface area (Å²) in [5.41, 5.74) is -1.58. The van der Waals surface area contributed by atoms with Gasteiger partial charge in [0.2, 0.25) is 0 Å². The Labute approximate surface area is 204 Å². The molecule has 1 aromatic carbocycles. The Balaban J connectivity index is 1.80. The Morgan fingerprint density at radius 3 is 2.57 bits per heavy atom. The first-order chi connectivity index (χ1) is 17.3. The molecule has 3 aromatic rings. The number of benzene rings is 1. The van der Waals surface area contributed by atoms with Crippen LogP contribution in [0.1, 0.15) is 41.8 Å². The van der Waals surface area contributed by atoms with E-state index >= 15 is 0 Å². The summed E-state index contributed by atoms with van der Waals surface area (Å²) in [7, 11) is 0. The van der Waals surface area contributed by atoms with Gasteiger partial charge in [-0.1, -0.05) is 18.2 Å². The van der Waals surface area contributed by atoms with E-state index in [1.807, 2.05) is 0 Å². The molecule has 0 amide bonds. The number of aliphatic hydroxyl groups is 1. The number of hydrogen-bond acceptors (Lipinski definition) is 7. The summed E-state index contributed by atoms with van der Waals surface area (Å²) in [5.74, 6) is -4.10. The van der Waals surface area contributed by atoms with Crippen LogP contribution in [0.5, 0.6) is 0 Å². The van der Waals surface area contributed by atoms with Crippen molar-refractivity contribution in [2.24, 2.45) is 0 Å². The fourth-order valence-electron chi connectivity index (χ4n) is 4.62. The lowest BCUT2D eigenvalue weighted by molar-refractivity contribution is -0.256. The van der Waals surface area contributed by atoms with Crippen molar-refractivity contribution in [3.8, 4) is 11.6 Å². The third-order valence-corrected chi connectivity index (χ3v) is 6.43. The summed E-state index contributed by atoms with van der Waals surface area (Å²) >= 11 is 0. The van der Waals surface area contributed by atoms with Crippen molar-refractivity contribution in [3.05, 3.63) is 58.7 Å². The summed E-state index contributed by atoms with van der Waals surface area (Å²) in [6, 6.07) is 2.92. The number of nitrogens with two attached hydrogens (primary N) is 1. The average molecular weight is 529 g/mol. The number of hydrogen-bond donors (Lipinski definition) is 2. The fraction of sp³-hybridized carbons (Fsp3) is 0.348. The molecule has 0 spiro atoms. The molecule has 7 nitrogen and oxygen atoms in total. The van der Waals surface area contributed by atoms with Gasteiger partial charge in [-0.15, -0.1) is 10.2 Å². The molecule has 6 bridgehead atoms. The molecule has 37 heavy (non-hydrogen) atoms. The third kappa shape index (κ3) is 4.08. The molecule has 0 unspecified atom stereocenters. The van der Waals surface area contributed by atoms with E-state index in [0.29, 0.717) is 18.9 Å². The van der Waals surface area contributed by atoms with Gasteiger partial charge in [0.25, 0.3) is 17.4 Å². The van der Waals surface area contributed by atoms with E-state index in [-0.39, 0.29) is 18.5 Å². The predicted molar refractivity (Wildman–Crippen MR) is 116 cm³/mol. The number of alkyl halides is 6. The van der Waals surface area contributed by atoms with Crippen LogP contribution in [0.3, 0.4) is 0 Å². The lowest BCUT2D eigenvalue weighted by atomic mass is 9.90. The maximum Gasteiger partial charge on any atom is 0.430 e. The van der Waals surface area contributed by atoms with Gasteiger partial charge < -0.3 is 20.2 Å². The van der Waals surface area contributed by atoms with E-state index in [0.717, 1.165) is 12.1 Å². The zero-order chi connectivity index (χ0) is 26.8. The molecule has 4 heterocycles. The molecule has 0 aliphatic carbocycles. The third-order valence-electron chi connectivity index (χ3n) is 6.43. The molecule has 2 atom stereocenters. The Morgan fingerprint density at radius 2 is 1.86 bits per heavy atom. The van der Waals surface area contributed by atoms with E-state index in [9.17, 15) is 35.8 Å². The molecule has 3 N–H and O–H groups in total. The van der Waals surface area contributed by atoms with Gasteiger partial charge >= 0.3 is 12.4 Å². The van der Waals surface area contributed by atoms with Crippen molar-refractivity contribution >= 4 is 17.6 Å². The molecular formula is C23H18F7N5O2.